The van der Waals surface area contributed by atoms with Crippen molar-refractivity contribution in [1.82, 2.24) is 0 Å². The fourth-order valence-corrected chi connectivity index (χ4v) is 6.34. The number of benzene rings is 2. The van der Waals surface area contributed by atoms with Crippen LogP contribution in [0, 0.1) is 27.4 Å². The van der Waals surface area contributed by atoms with Gasteiger partial charge in [-0.1, -0.05) is 65.5 Å². The Morgan fingerprint density at radius 1 is 1.02 bits per heavy atom. The highest BCUT2D eigenvalue weighted by molar-refractivity contribution is 5.67. The van der Waals surface area contributed by atoms with Gasteiger partial charge in [0.05, 0.1) is 45.3 Å². The van der Waals surface area contributed by atoms with E-state index in [1.807, 2.05) is 19.9 Å². The molecular formula is C38H54N2O10. The number of unbranched alkanes of at least 4 members (excludes halogenated alkanes) is 4. The van der Waals surface area contributed by atoms with E-state index in [-0.39, 0.29) is 31.8 Å². The highest BCUT2D eigenvalue weighted by Crippen LogP contribution is 2.53. The van der Waals surface area contributed by atoms with Crippen molar-refractivity contribution in [2.24, 2.45) is 5.92 Å². The molecule has 0 aromatic heterocycles. The average molecular weight is 699 g/mol. The Balaban J connectivity index is 2.06. The summed E-state index contributed by atoms with van der Waals surface area (Å²) in [5, 5.41) is 23.7. The third kappa shape index (κ3) is 10.1. The summed E-state index contributed by atoms with van der Waals surface area (Å²) < 4.78 is 41.8. The first-order chi connectivity index (χ1) is 24.1. The largest absolute Gasteiger partial charge is 0.490 e. The van der Waals surface area contributed by atoms with E-state index in [1.54, 1.807) is 24.3 Å². The number of methoxy groups -OCH3 is 2. The number of rotatable bonds is 22. The van der Waals surface area contributed by atoms with Crippen LogP contribution >= 0.6 is 0 Å². The summed E-state index contributed by atoms with van der Waals surface area (Å²) in [7, 11) is 3.04. The zero-order chi connectivity index (χ0) is 36.7. The number of nitrogens with zero attached hydrogens (tertiary/aromatic N) is 2. The normalized spacial score (nSPS) is 16.0. The van der Waals surface area contributed by atoms with E-state index in [9.17, 15) is 20.2 Å². The third-order valence-electron chi connectivity index (χ3n) is 9.14. The van der Waals surface area contributed by atoms with E-state index >= 15 is 0 Å². The number of hydrogen-bond acceptors (Lipinski definition) is 11. The van der Waals surface area contributed by atoms with Crippen molar-refractivity contribution in [3.8, 4) is 40.6 Å². The van der Waals surface area contributed by atoms with E-state index in [4.69, 9.17) is 33.2 Å². The van der Waals surface area contributed by atoms with Crippen LogP contribution < -0.4 is 28.4 Å². The second-order valence-corrected chi connectivity index (χ2v) is 12.9. The van der Waals surface area contributed by atoms with Crippen molar-refractivity contribution in [2.75, 3.05) is 34.0 Å². The minimum Gasteiger partial charge on any atom is -0.490 e. The lowest BCUT2D eigenvalue weighted by Gasteiger charge is -2.35. The fraction of sp³-hybridized carbons (Fsp3) is 0.632. The molecule has 12 nitrogen and oxygen atoms in total. The summed E-state index contributed by atoms with van der Waals surface area (Å²) in [4.78, 5) is 24.5. The summed E-state index contributed by atoms with van der Waals surface area (Å²) in [5.41, 5.74) is -0.737. The van der Waals surface area contributed by atoms with Gasteiger partial charge in [0.15, 0.2) is 29.1 Å². The van der Waals surface area contributed by atoms with Crippen molar-refractivity contribution >= 4 is 5.97 Å². The van der Waals surface area contributed by atoms with Gasteiger partial charge in [-0.2, -0.15) is 5.26 Å². The Morgan fingerprint density at radius 3 is 2.22 bits per heavy atom. The molecule has 2 aromatic rings. The maximum Gasteiger partial charge on any atom is 0.303 e. The third-order valence-corrected chi connectivity index (χ3v) is 9.14. The number of fused-ring (bicyclic) bond motifs is 1. The first-order valence-corrected chi connectivity index (χ1v) is 17.7. The van der Waals surface area contributed by atoms with Crippen molar-refractivity contribution < 1.29 is 42.9 Å². The lowest BCUT2D eigenvalue weighted by Crippen LogP contribution is -2.44. The molecule has 0 N–H and O–H groups in total. The first kappa shape index (κ1) is 40.0. The van der Waals surface area contributed by atoms with Crippen molar-refractivity contribution in [2.45, 2.75) is 116 Å². The van der Waals surface area contributed by atoms with Crippen LogP contribution in [0.2, 0.25) is 0 Å². The molecule has 50 heavy (non-hydrogen) atoms. The predicted octanol–water partition coefficient (Wildman–Crippen LogP) is 7.85. The minimum absolute atomic E-state index is 0.0113. The molecule has 2 aromatic carbocycles. The summed E-state index contributed by atoms with van der Waals surface area (Å²) >= 11 is 0. The highest BCUT2D eigenvalue weighted by Gasteiger charge is 2.45. The Hall–Kier alpha value is -4.40. The van der Waals surface area contributed by atoms with Gasteiger partial charge in [0.1, 0.15) is 12.7 Å². The number of nitro groups is 1. The quantitative estimate of drug-likeness (QED) is 0.0512. The van der Waals surface area contributed by atoms with Crippen LogP contribution in [0.3, 0.4) is 0 Å². The van der Waals surface area contributed by atoms with Gasteiger partial charge in [-0.3, -0.25) is 14.9 Å². The van der Waals surface area contributed by atoms with Crippen molar-refractivity contribution in [1.29, 1.82) is 5.26 Å². The Kier molecular flexibility index (Phi) is 15.8. The minimum atomic E-state index is -1.33. The Morgan fingerprint density at radius 2 is 1.66 bits per heavy atom. The molecule has 4 atom stereocenters. The van der Waals surface area contributed by atoms with Crippen LogP contribution in [0.1, 0.15) is 98.0 Å². The molecule has 4 unspecified atom stereocenters. The maximum atomic E-state index is 12.6. The second kappa shape index (κ2) is 19.7. The van der Waals surface area contributed by atoms with Crippen LogP contribution in [0.4, 0.5) is 0 Å². The van der Waals surface area contributed by atoms with Gasteiger partial charge < -0.3 is 33.2 Å². The molecule has 0 saturated carbocycles. The second-order valence-electron chi connectivity index (χ2n) is 12.9. The molecule has 0 spiro atoms. The van der Waals surface area contributed by atoms with Crippen molar-refractivity contribution in [3.05, 3.63) is 46.0 Å². The van der Waals surface area contributed by atoms with Gasteiger partial charge >= 0.3 is 5.97 Å². The number of nitriles is 1. The number of esters is 1. The molecule has 0 saturated heterocycles. The molecular weight excluding hydrogens is 644 g/mol. The topological polar surface area (TPSA) is 149 Å². The number of carbonyl (C=O) groups is 1. The zero-order valence-electron chi connectivity index (χ0n) is 30.7. The van der Waals surface area contributed by atoms with E-state index < -0.39 is 34.6 Å². The summed E-state index contributed by atoms with van der Waals surface area (Å²) in [5.74, 6) is 1.52. The van der Waals surface area contributed by atoms with E-state index in [1.165, 1.54) is 21.1 Å². The Labute approximate surface area is 296 Å². The molecule has 1 aliphatic rings. The lowest BCUT2D eigenvalue weighted by molar-refractivity contribution is -0.536. The summed E-state index contributed by atoms with van der Waals surface area (Å²) in [6.07, 6.45) is 3.80. The molecule has 0 bridgehead atoms. The predicted molar refractivity (Wildman–Crippen MR) is 188 cm³/mol. The highest BCUT2D eigenvalue weighted by atomic mass is 16.6. The van der Waals surface area contributed by atoms with Gasteiger partial charge in [-0.15, -0.1) is 0 Å². The van der Waals surface area contributed by atoms with Crippen LogP contribution in [-0.2, 0) is 14.9 Å². The van der Waals surface area contributed by atoms with E-state index in [0.29, 0.717) is 53.3 Å². The monoisotopic (exact) mass is 698 g/mol. The van der Waals surface area contributed by atoms with Gasteiger partial charge in [0.2, 0.25) is 11.5 Å². The molecule has 1 aliphatic heterocycles. The van der Waals surface area contributed by atoms with Crippen LogP contribution in [-0.4, -0.2) is 63.2 Å². The van der Waals surface area contributed by atoms with E-state index in [2.05, 4.69) is 19.9 Å². The SMILES string of the molecule is CCCCCOc1cc(C(C#N)(CCC(OC(C)=O)C(CC2COc3ccccc3O2)[N+](=O)[O-])C(C)C)c(OCCCCC)c(OC)c1OC. The Bertz CT molecular complexity index is 1440. The number of para-hydroxylation sites is 2. The van der Waals surface area contributed by atoms with Crippen LogP contribution in [0.5, 0.6) is 34.5 Å². The van der Waals surface area contributed by atoms with Crippen molar-refractivity contribution in [3.63, 3.8) is 0 Å². The lowest BCUT2D eigenvalue weighted by atomic mass is 9.68. The zero-order valence-corrected chi connectivity index (χ0v) is 30.7. The summed E-state index contributed by atoms with van der Waals surface area (Å²) in [6.45, 7) is 10.2. The van der Waals surface area contributed by atoms with Crippen LogP contribution in [0.25, 0.3) is 0 Å². The fourth-order valence-electron chi connectivity index (χ4n) is 6.34. The molecule has 1 heterocycles. The molecule has 276 valence electrons. The van der Waals surface area contributed by atoms with Gasteiger partial charge in [0, 0.05) is 17.4 Å². The summed E-state index contributed by atoms with van der Waals surface area (Å²) in [6, 6.07) is 10.1. The number of ether oxygens (including phenoxy) is 7. The average Bonchev–Trinajstić information content (AvgIpc) is 3.10. The molecule has 3 rings (SSSR count). The standard InChI is InChI=1S/C38H54N2O10/c1-8-10-14-20-46-34-23-29(35(47-21-15-11-9-2)37(45-7)36(34)44-6)38(25-39,26(3)4)19-18-31(49-27(5)41)30(40(42)43)22-28-24-48-32-16-12-13-17-33(32)50-28/h12-13,16-17,23,26,28,30-31H,8-11,14-15,18-22,24H2,1-7H3. The molecule has 0 amide bonds. The number of carbonyl (C=O) groups excluding carboxylic acids is 1. The van der Waals surface area contributed by atoms with Crippen LogP contribution in [0.15, 0.2) is 30.3 Å². The van der Waals surface area contributed by atoms with E-state index in [0.717, 1.165) is 38.5 Å². The van der Waals surface area contributed by atoms with Gasteiger partial charge in [-0.25, -0.2) is 0 Å². The van der Waals surface area contributed by atoms with Gasteiger partial charge in [-0.05, 0) is 49.8 Å². The molecule has 0 fully saturated rings. The maximum absolute atomic E-state index is 12.6. The van der Waals surface area contributed by atoms with Gasteiger partial charge in [0.25, 0.3) is 6.04 Å². The molecule has 0 aliphatic carbocycles. The number of hydrogen-bond donors (Lipinski definition) is 0. The first-order valence-electron chi connectivity index (χ1n) is 17.7. The molecule has 0 radical (unpaired) electrons. The molecule has 12 heteroatoms. The smallest absolute Gasteiger partial charge is 0.303 e.